The second kappa shape index (κ2) is 5.72. The van der Waals surface area contributed by atoms with Crippen molar-refractivity contribution in [2.24, 2.45) is 5.92 Å². The molecule has 1 unspecified atom stereocenters. The van der Waals surface area contributed by atoms with Crippen LogP contribution < -0.4 is 5.32 Å². The average Bonchev–Trinajstić information content (AvgIpc) is 2.95. The lowest BCUT2D eigenvalue weighted by Crippen LogP contribution is -2.10. The molecule has 0 bridgehead atoms. The van der Waals surface area contributed by atoms with Crippen molar-refractivity contribution in [1.82, 2.24) is 10.2 Å². The van der Waals surface area contributed by atoms with Crippen LogP contribution in [-0.4, -0.2) is 30.0 Å². The first kappa shape index (κ1) is 12.6. The number of benzene rings is 1. The standard InChI is InChI=1S/C14H16ClN3O/c15-13-11-3-1-2-4-12(11)14(18-17-13)16-7-5-10-6-8-19-9-10/h1-4,10H,5-9H2,(H,16,18). The molecule has 3 rings (SSSR count). The van der Waals surface area contributed by atoms with E-state index in [9.17, 15) is 0 Å². The lowest BCUT2D eigenvalue weighted by Gasteiger charge is -2.11. The molecule has 4 nitrogen and oxygen atoms in total. The SMILES string of the molecule is Clc1nnc(NCCC2CCOC2)c2ccccc12. The molecule has 1 N–H and O–H groups in total. The summed E-state index contributed by atoms with van der Waals surface area (Å²) in [4.78, 5) is 0. The maximum Gasteiger partial charge on any atom is 0.159 e. The molecule has 0 radical (unpaired) electrons. The van der Waals surface area contributed by atoms with E-state index in [2.05, 4.69) is 15.5 Å². The highest BCUT2D eigenvalue weighted by atomic mass is 35.5. The molecule has 1 aromatic heterocycles. The van der Waals surface area contributed by atoms with Crippen LogP contribution in [0.15, 0.2) is 24.3 Å². The molecule has 1 fully saturated rings. The maximum atomic E-state index is 6.05. The molecule has 0 amide bonds. The molecular formula is C14H16ClN3O. The molecule has 1 aromatic carbocycles. The second-order valence-corrected chi connectivity index (χ2v) is 5.19. The van der Waals surface area contributed by atoms with Crippen LogP contribution in [-0.2, 0) is 4.74 Å². The van der Waals surface area contributed by atoms with Gasteiger partial charge < -0.3 is 10.1 Å². The number of fused-ring (bicyclic) bond motifs is 1. The van der Waals surface area contributed by atoms with Crippen molar-refractivity contribution in [2.75, 3.05) is 25.1 Å². The van der Waals surface area contributed by atoms with Gasteiger partial charge in [0.05, 0.1) is 0 Å². The zero-order valence-electron chi connectivity index (χ0n) is 10.6. The summed E-state index contributed by atoms with van der Waals surface area (Å²) in [5.41, 5.74) is 0. The molecule has 1 atom stereocenters. The number of nitrogens with zero attached hydrogens (tertiary/aromatic N) is 2. The van der Waals surface area contributed by atoms with Crippen molar-refractivity contribution in [3.63, 3.8) is 0 Å². The fraction of sp³-hybridized carbons (Fsp3) is 0.429. The molecule has 100 valence electrons. The van der Waals surface area contributed by atoms with E-state index in [-0.39, 0.29) is 0 Å². The number of halogens is 1. The number of anilines is 1. The predicted molar refractivity (Wildman–Crippen MR) is 76.6 cm³/mol. The molecule has 2 heterocycles. The van der Waals surface area contributed by atoms with Crippen molar-refractivity contribution in [2.45, 2.75) is 12.8 Å². The summed E-state index contributed by atoms with van der Waals surface area (Å²) in [6.07, 6.45) is 2.26. The van der Waals surface area contributed by atoms with Gasteiger partial charge in [0.15, 0.2) is 11.0 Å². The summed E-state index contributed by atoms with van der Waals surface area (Å²) < 4.78 is 5.37. The largest absolute Gasteiger partial charge is 0.381 e. The third kappa shape index (κ3) is 2.80. The van der Waals surface area contributed by atoms with Gasteiger partial charge in [0.1, 0.15) is 0 Å². The highest BCUT2D eigenvalue weighted by Crippen LogP contribution is 2.25. The highest BCUT2D eigenvalue weighted by molar-refractivity contribution is 6.34. The fourth-order valence-corrected chi connectivity index (χ4v) is 2.61. The molecule has 19 heavy (non-hydrogen) atoms. The van der Waals surface area contributed by atoms with Gasteiger partial charge >= 0.3 is 0 Å². The monoisotopic (exact) mass is 277 g/mol. The van der Waals surface area contributed by atoms with Gasteiger partial charge in [-0.3, -0.25) is 0 Å². The normalized spacial score (nSPS) is 18.9. The van der Waals surface area contributed by atoms with Gasteiger partial charge in [-0.1, -0.05) is 35.9 Å². The van der Waals surface area contributed by atoms with Gasteiger partial charge in [-0.05, 0) is 18.8 Å². The highest BCUT2D eigenvalue weighted by Gasteiger charge is 2.15. The molecule has 1 aliphatic heterocycles. The molecular weight excluding hydrogens is 262 g/mol. The molecule has 2 aromatic rings. The Kier molecular flexibility index (Phi) is 3.80. The Labute approximate surface area is 117 Å². The number of hydrogen-bond donors (Lipinski definition) is 1. The van der Waals surface area contributed by atoms with Crippen LogP contribution in [0.2, 0.25) is 5.15 Å². The van der Waals surface area contributed by atoms with Crippen LogP contribution in [0.5, 0.6) is 0 Å². The molecule has 0 aliphatic carbocycles. The first-order valence-electron chi connectivity index (χ1n) is 6.57. The first-order valence-corrected chi connectivity index (χ1v) is 6.95. The van der Waals surface area contributed by atoms with E-state index in [4.69, 9.17) is 16.3 Å². The summed E-state index contributed by atoms with van der Waals surface area (Å²) in [5, 5.41) is 13.9. The first-order chi connectivity index (χ1) is 9.34. The van der Waals surface area contributed by atoms with Gasteiger partial charge in [-0.15, -0.1) is 10.2 Å². The maximum absolute atomic E-state index is 6.05. The Bertz CT molecular complexity index is 570. The summed E-state index contributed by atoms with van der Waals surface area (Å²) >= 11 is 6.05. The third-order valence-electron chi connectivity index (χ3n) is 3.51. The molecule has 5 heteroatoms. The smallest absolute Gasteiger partial charge is 0.159 e. The van der Waals surface area contributed by atoms with E-state index >= 15 is 0 Å². The zero-order chi connectivity index (χ0) is 13.1. The van der Waals surface area contributed by atoms with Crippen molar-refractivity contribution >= 4 is 28.2 Å². The van der Waals surface area contributed by atoms with Crippen LogP contribution in [0.1, 0.15) is 12.8 Å². The summed E-state index contributed by atoms with van der Waals surface area (Å²) in [7, 11) is 0. The Morgan fingerprint density at radius 2 is 2.11 bits per heavy atom. The van der Waals surface area contributed by atoms with Crippen LogP contribution in [0, 0.1) is 5.92 Å². The molecule has 1 aliphatic rings. The third-order valence-corrected chi connectivity index (χ3v) is 3.79. The molecule has 0 spiro atoms. The minimum atomic E-state index is 0.449. The van der Waals surface area contributed by atoms with Crippen molar-refractivity contribution in [3.8, 4) is 0 Å². The van der Waals surface area contributed by atoms with Gasteiger partial charge in [0.25, 0.3) is 0 Å². The zero-order valence-corrected chi connectivity index (χ0v) is 11.4. The number of aromatic nitrogens is 2. The number of rotatable bonds is 4. The van der Waals surface area contributed by atoms with Crippen molar-refractivity contribution < 1.29 is 4.74 Å². The van der Waals surface area contributed by atoms with Gasteiger partial charge in [-0.25, -0.2) is 0 Å². The topological polar surface area (TPSA) is 47.0 Å². The van der Waals surface area contributed by atoms with E-state index in [0.29, 0.717) is 11.1 Å². The number of hydrogen-bond acceptors (Lipinski definition) is 4. The van der Waals surface area contributed by atoms with Crippen LogP contribution in [0.25, 0.3) is 10.8 Å². The summed E-state index contributed by atoms with van der Waals surface area (Å²) in [6, 6.07) is 7.91. The Morgan fingerprint density at radius 1 is 1.26 bits per heavy atom. The Morgan fingerprint density at radius 3 is 2.89 bits per heavy atom. The summed E-state index contributed by atoms with van der Waals surface area (Å²) in [5.74, 6) is 1.47. The number of ether oxygens (including phenoxy) is 1. The minimum absolute atomic E-state index is 0.449. The van der Waals surface area contributed by atoms with E-state index in [0.717, 1.165) is 49.2 Å². The number of nitrogens with one attached hydrogen (secondary N) is 1. The van der Waals surface area contributed by atoms with E-state index in [1.165, 1.54) is 0 Å². The van der Waals surface area contributed by atoms with E-state index in [1.54, 1.807) is 0 Å². The average molecular weight is 278 g/mol. The van der Waals surface area contributed by atoms with Crippen molar-refractivity contribution in [3.05, 3.63) is 29.4 Å². The van der Waals surface area contributed by atoms with Gasteiger partial charge in [0.2, 0.25) is 0 Å². The fourth-order valence-electron chi connectivity index (χ4n) is 2.41. The molecule has 0 saturated carbocycles. The minimum Gasteiger partial charge on any atom is -0.381 e. The lowest BCUT2D eigenvalue weighted by atomic mass is 10.1. The van der Waals surface area contributed by atoms with E-state index in [1.807, 2.05) is 24.3 Å². The van der Waals surface area contributed by atoms with Crippen LogP contribution in [0.3, 0.4) is 0 Å². The van der Waals surface area contributed by atoms with Crippen molar-refractivity contribution in [1.29, 1.82) is 0 Å². The van der Waals surface area contributed by atoms with Crippen LogP contribution >= 0.6 is 11.6 Å². The van der Waals surface area contributed by atoms with E-state index < -0.39 is 0 Å². The Hall–Kier alpha value is -1.39. The summed E-state index contributed by atoms with van der Waals surface area (Å²) in [6.45, 7) is 2.66. The Balaban J connectivity index is 1.72. The van der Waals surface area contributed by atoms with Gasteiger partial charge in [0, 0.05) is 30.5 Å². The van der Waals surface area contributed by atoms with Crippen LogP contribution in [0.4, 0.5) is 5.82 Å². The van der Waals surface area contributed by atoms with Gasteiger partial charge in [-0.2, -0.15) is 0 Å². The predicted octanol–water partition coefficient (Wildman–Crippen LogP) is 3.12. The quantitative estimate of drug-likeness (QED) is 0.933. The lowest BCUT2D eigenvalue weighted by molar-refractivity contribution is 0.185. The molecule has 1 saturated heterocycles. The second-order valence-electron chi connectivity index (χ2n) is 4.83.